The Hall–Kier alpha value is -1.20. The van der Waals surface area contributed by atoms with Gasteiger partial charge in [-0.25, -0.2) is 4.98 Å². The highest BCUT2D eigenvalue weighted by molar-refractivity contribution is 5.84. The van der Waals surface area contributed by atoms with Crippen LogP contribution in [-0.4, -0.2) is 41.0 Å². The summed E-state index contributed by atoms with van der Waals surface area (Å²) in [4.78, 5) is 15.9. The second-order valence-electron chi connectivity index (χ2n) is 3.86. The second kappa shape index (κ2) is 4.55. The Morgan fingerprint density at radius 2 is 2.53 bits per heavy atom. The zero-order valence-corrected chi connectivity index (χ0v) is 8.86. The minimum atomic E-state index is -0.0542. The lowest BCUT2D eigenvalue weighted by molar-refractivity contribution is -0.121. The Labute approximate surface area is 88.9 Å². The monoisotopic (exact) mass is 208 g/mol. The summed E-state index contributed by atoms with van der Waals surface area (Å²) < 4.78 is 1.83. The molecule has 82 valence electrons. The Balaban J connectivity index is 1.91. The Bertz CT molecular complexity index is 341. The number of carbonyl (C=O) groups is 1. The predicted octanol–water partition coefficient (Wildman–Crippen LogP) is -0.678. The zero-order chi connectivity index (χ0) is 10.7. The van der Waals surface area contributed by atoms with E-state index in [2.05, 4.69) is 15.6 Å². The molecule has 0 aliphatic carbocycles. The molecule has 1 aromatic heterocycles. The van der Waals surface area contributed by atoms with Crippen molar-refractivity contribution in [2.75, 3.05) is 19.6 Å². The summed E-state index contributed by atoms with van der Waals surface area (Å²) in [6.45, 7) is 4.85. The van der Waals surface area contributed by atoms with Crippen LogP contribution >= 0.6 is 0 Å². The van der Waals surface area contributed by atoms with E-state index in [0.29, 0.717) is 6.54 Å². The summed E-state index contributed by atoms with van der Waals surface area (Å²) in [7, 11) is 0. The van der Waals surface area contributed by atoms with Crippen LogP contribution in [0.4, 0.5) is 0 Å². The number of piperazine rings is 1. The fourth-order valence-corrected chi connectivity index (χ4v) is 1.73. The van der Waals surface area contributed by atoms with Gasteiger partial charge < -0.3 is 15.2 Å². The van der Waals surface area contributed by atoms with Gasteiger partial charge in [0.05, 0.1) is 24.6 Å². The molecule has 0 spiro atoms. The maximum atomic E-state index is 11.8. The van der Waals surface area contributed by atoms with E-state index in [1.54, 1.807) is 6.33 Å². The van der Waals surface area contributed by atoms with Crippen molar-refractivity contribution in [2.45, 2.75) is 19.5 Å². The Kier molecular flexibility index (Phi) is 3.13. The molecule has 1 fully saturated rings. The number of ketones is 1. The van der Waals surface area contributed by atoms with Gasteiger partial charge in [0.1, 0.15) is 0 Å². The molecule has 15 heavy (non-hydrogen) atoms. The van der Waals surface area contributed by atoms with Gasteiger partial charge in [-0.05, 0) is 6.92 Å². The summed E-state index contributed by atoms with van der Waals surface area (Å²) in [6, 6.07) is -0.0542. The summed E-state index contributed by atoms with van der Waals surface area (Å²) in [6.07, 6.45) is 3.58. The lowest BCUT2D eigenvalue weighted by Crippen LogP contribution is -2.53. The average Bonchev–Trinajstić information content (AvgIpc) is 2.65. The SMILES string of the molecule is Cc1cn(CC(=O)[C@H]2CNCCN2)cn1. The standard InChI is InChI=1S/C10H16N4O/c1-8-5-14(7-13-8)6-10(15)9-4-11-2-3-12-9/h5,7,9,11-12H,2-4,6H2,1H3/t9-/m1/s1. The molecule has 1 aromatic rings. The number of nitrogens with zero attached hydrogens (tertiary/aromatic N) is 2. The number of hydrogen-bond acceptors (Lipinski definition) is 4. The van der Waals surface area contributed by atoms with Crippen molar-refractivity contribution in [3.63, 3.8) is 0 Å². The number of rotatable bonds is 3. The fourth-order valence-electron chi connectivity index (χ4n) is 1.73. The van der Waals surface area contributed by atoms with Gasteiger partial charge in [0.15, 0.2) is 5.78 Å². The van der Waals surface area contributed by atoms with Crippen LogP contribution in [0.15, 0.2) is 12.5 Å². The minimum Gasteiger partial charge on any atom is -0.330 e. The highest BCUT2D eigenvalue weighted by Crippen LogP contribution is 1.97. The number of Topliss-reactive ketones (excluding diaryl/α,β-unsaturated/α-hetero) is 1. The molecule has 0 saturated carbocycles. The molecule has 0 bridgehead atoms. The summed E-state index contributed by atoms with van der Waals surface area (Å²) in [5.41, 5.74) is 0.942. The van der Waals surface area contributed by atoms with E-state index in [0.717, 1.165) is 25.3 Å². The molecule has 1 aliphatic rings. The smallest absolute Gasteiger partial charge is 0.170 e. The number of carbonyl (C=O) groups excluding carboxylic acids is 1. The van der Waals surface area contributed by atoms with E-state index in [-0.39, 0.29) is 11.8 Å². The predicted molar refractivity (Wildman–Crippen MR) is 56.6 cm³/mol. The van der Waals surface area contributed by atoms with Crippen LogP contribution in [0.3, 0.4) is 0 Å². The third-order valence-electron chi connectivity index (χ3n) is 2.53. The highest BCUT2D eigenvalue weighted by Gasteiger charge is 2.19. The first-order chi connectivity index (χ1) is 7.25. The molecule has 0 amide bonds. The lowest BCUT2D eigenvalue weighted by atomic mass is 10.1. The molecule has 1 saturated heterocycles. The summed E-state index contributed by atoms with van der Waals surface area (Å²) >= 11 is 0. The van der Waals surface area contributed by atoms with Gasteiger partial charge in [-0.15, -0.1) is 0 Å². The third kappa shape index (κ3) is 2.64. The fraction of sp³-hybridized carbons (Fsp3) is 0.600. The zero-order valence-electron chi connectivity index (χ0n) is 8.86. The van der Waals surface area contributed by atoms with Crippen molar-refractivity contribution >= 4 is 5.78 Å². The highest BCUT2D eigenvalue weighted by atomic mass is 16.1. The van der Waals surface area contributed by atoms with E-state index in [9.17, 15) is 4.79 Å². The van der Waals surface area contributed by atoms with Crippen LogP contribution in [-0.2, 0) is 11.3 Å². The lowest BCUT2D eigenvalue weighted by Gasteiger charge is -2.23. The van der Waals surface area contributed by atoms with Gasteiger partial charge in [0.25, 0.3) is 0 Å². The van der Waals surface area contributed by atoms with Crippen LogP contribution in [0.25, 0.3) is 0 Å². The summed E-state index contributed by atoms with van der Waals surface area (Å²) in [5, 5.41) is 6.40. The average molecular weight is 208 g/mol. The Morgan fingerprint density at radius 3 is 3.13 bits per heavy atom. The molecule has 1 aliphatic heterocycles. The maximum Gasteiger partial charge on any atom is 0.170 e. The molecular formula is C10H16N4O. The molecule has 2 N–H and O–H groups in total. The van der Waals surface area contributed by atoms with Crippen LogP contribution in [0.2, 0.25) is 0 Å². The number of aromatic nitrogens is 2. The third-order valence-corrected chi connectivity index (χ3v) is 2.53. The van der Waals surface area contributed by atoms with Crippen LogP contribution in [0, 0.1) is 6.92 Å². The van der Waals surface area contributed by atoms with E-state index in [4.69, 9.17) is 0 Å². The topological polar surface area (TPSA) is 59.0 Å². The molecule has 5 nitrogen and oxygen atoms in total. The first kappa shape index (κ1) is 10.3. The molecule has 0 unspecified atom stereocenters. The van der Waals surface area contributed by atoms with Crippen LogP contribution in [0.1, 0.15) is 5.69 Å². The molecular weight excluding hydrogens is 192 g/mol. The minimum absolute atomic E-state index is 0.0542. The van der Waals surface area contributed by atoms with E-state index in [1.165, 1.54) is 0 Å². The van der Waals surface area contributed by atoms with E-state index >= 15 is 0 Å². The second-order valence-corrected chi connectivity index (χ2v) is 3.86. The first-order valence-corrected chi connectivity index (χ1v) is 5.21. The van der Waals surface area contributed by atoms with E-state index in [1.807, 2.05) is 17.7 Å². The molecule has 1 atom stereocenters. The van der Waals surface area contributed by atoms with Gasteiger partial charge in [-0.3, -0.25) is 4.79 Å². The quantitative estimate of drug-likeness (QED) is 0.691. The number of aryl methyl sites for hydroxylation is 1. The van der Waals surface area contributed by atoms with Crippen molar-refractivity contribution in [2.24, 2.45) is 0 Å². The first-order valence-electron chi connectivity index (χ1n) is 5.21. The van der Waals surface area contributed by atoms with Gasteiger partial charge >= 0.3 is 0 Å². The van der Waals surface area contributed by atoms with Crippen LogP contribution < -0.4 is 10.6 Å². The largest absolute Gasteiger partial charge is 0.330 e. The molecule has 2 heterocycles. The van der Waals surface area contributed by atoms with E-state index < -0.39 is 0 Å². The molecule has 0 radical (unpaired) electrons. The van der Waals surface area contributed by atoms with Gasteiger partial charge in [0, 0.05) is 25.8 Å². The summed E-state index contributed by atoms with van der Waals surface area (Å²) in [5.74, 6) is 0.208. The van der Waals surface area contributed by atoms with Crippen molar-refractivity contribution in [3.8, 4) is 0 Å². The van der Waals surface area contributed by atoms with Crippen molar-refractivity contribution < 1.29 is 4.79 Å². The Morgan fingerprint density at radius 1 is 1.67 bits per heavy atom. The molecule has 5 heteroatoms. The van der Waals surface area contributed by atoms with Gasteiger partial charge in [-0.1, -0.05) is 0 Å². The normalized spacial score (nSPS) is 21.5. The van der Waals surface area contributed by atoms with Crippen molar-refractivity contribution in [1.82, 2.24) is 20.2 Å². The van der Waals surface area contributed by atoms with Crippen molar-refractivity contribution in [3.05, 3.63) is 18.2 Å². The van der Waals surface area contributed by atoms with Crippen LogP contribution in [0.5, 0.6) is 0 Å². The van der Waals surface area contributed by atoms with Crippen molar-refractivity contribution in [1.29, 1.82) is 0 Å². The number of hydrogen-bond donors (Lipinski definition) is 2. The number of imidazole rings is 1. The number of nitrogens with one attached hydrogen (secondary N) is 2. The molecule has 0 aromatic carbocycles. The van der Waals surface area contributed by atoms with Gasteiger partial charge in [-0.2, -0.15) is 0 Å². The van der Waals surface area contributed by atoms with Gasteiger partial charge in [0.2, 0.25) is 0 Å². The molecule has 2 rings (SSSR count). The maximum absolute atomic E-state index is 11.8.